The lowest BCUT2D eigenvalue weighted by molar-refractivity contribution is -0.139. The molecule has 0 aliphatic heterocycles. The number of carbonyl (C=O) groups excluding carboxylic acids is 2. The van der Waals surface area contributed by atoms with Gasteiger partial charge in [0, 0.05) is 12.5 Å². The summed E-state index contributed by atoms with van der Waals surface area (Å²) < 4.78 is 4.70. The number of ether oxygens (including phenoxy) is 1. The number of aryl methyl sites for hydroxylation is 1. The van der Waals surface area contributed by atoms with Gasteiger partial charge in [0.2, 0.25) is 0 Å². The van der Waals surface area contributed by atoms with Crippen molar-refractivity contribution >= 4 is 11.8 Å². The molecule has 0 spiro atoms. The van der Waals surface area contributed by atoms with E-state index in [0.717, 1.165) is 6.42 Å². The van der Waals surface area contributed by atoms with Crippen LogP contribution < -0.4 is 0 Å². The van der Waals surface area contributed by atoms with E-state index < -0.39 is 5.97 Å². The van der Waals surface area contributed by atoms with Gasteiger partial charge in [0.25, 0.3) is 0 Å². The predicted octanol–water partition coefficient (Wildman–Crippen LogP) is 3.95. The van der Waals surface area contributed by atoms with Crippen LogP contribution in [0.5, 0.6) is 0 Å². The molecule has 0 fully saturated rings. The second kappa shape index (κ2) is 9.29. The summed E-state index contributed by atoms with van der Waals surface area (Å²) in [6.07, 6.45) is 7.39. The van der Waals surface area contributed by atoms with Crippen molar-refractivity contribution in [2.45, 2.75) is 52.4 Å². The lowest BCUT2D eigenvalue weighted by Gasteiger charge is -2.04. The summed E-state index contributed by atoms with van der Waals surface area (Å²) in [7, 11) is 0. The number of Topliss-reactive ketones (excluding diaryl/α,β-unsaturated/α-hetero) is 1. The molecule has 0 heterocycles. The van der Waals surface area contributed by atoms with Gasteiger partial charge in [0.05, 0.1) is 0 Å². The summed E-state index contributed by atoms with van der Waals surface area (Å²) in [6.45, 7) is 3.34. The molecule has 0 saturated carbocycles. The van der Waals surface area contributed by atoms with E-state index in [1.54, 1.807) is 0 Å². The number of benzene rings is 1. The van der Waals surface area contributed by atoms with Crippen LogP contribution in [-0.4, -0.2) is 18.4 Å². The van der Waals surface area contributed by atoms with E-state index in [1.807, 2.05) is 24.3 Å². The van der Waals surface area contributed by atoms with Gasteiger partial charge in [-0.15, -0.1) is 0 Å². The molecule has 0 N–H and O–H groups in total. The van der Waals surface area contributed by atoms with Crippen molar-refractivity contribution in [1.82, 2.24) is 0 Å². The van der Waals surface area contributed by atoms with Crippen LogP contribution in [0.15, 0.2) is 24.3 Å². The molecule has 0 atom stereocenters. The van der Waals surface area contributed by atoms with E-state index in [2.05, 4.69) is 6.92 Å². The molecule has 20 heavy (non-hydrogen) atoms. The molecule has 0 bridgehead atoms. The van der Waals surface area contributed by atoms with E-state index in [-0.39, 0.29) is 12.4 Å². The van der Waals surface area contributed by atoms with Crippen molar-refractivity contribution in [2.75, 3.05) is 6.61 Å². The molecular formula is C17H24O3. The molecule has 3 heteroatoms. The minimum absolute atomic E-state index is 0.158. The molecule has 0 amide bonds. The highest BCUT2D eigenvalue weighted by atomic mass is 16.5. The first-order chi connectivity index (χ1) is 9.63. The number of rotatable bonds is 9. The van der Waals surface area contributed by atoms with Crippen LogP contribution in [0.1, 0.15) is 61.9 Å². The summed E-state index contributed by atoms with van der Waals surface area (Å²) in [5.74, 6) is -0.586. The molecule has 0 saturated heterocycles. The van der Waals surface area contributed by atoms with Crippen LogP contribution in [0.3, 0.4) is 0 Å². The minimum atomic E-state index is -0.429. The fourth-order valence-electron chi connectivity index (χ4n) is 2.04. The number of unbranched alkanes of at least 4 members (excludes halogenated alkanes) is 4. The van der Waals surface area contributed by atoms with Gasteiger partial charge < -0.3 is 4.74 Å². The lowest BCUT2D eigenvalue weighted by atomic mass is 10.0. The Kier molecular flexibility index (Phi) is 7.63. The molecular weight excluding hydrogens is 252 g/mol. The first-order valence-corrected chi connectivity index (χ1v) is 7.39. The first kappa shape index (κ1) is 16.4. The maximum absolute atomic E-state index is 11.7. The quantitative estimate of drug-likeness (QED) is 0.390. The normalized spacial score (nSPS) is 10.3. The topological polar surface area (TPSA) is 43.4 Å². The van der Waals surface area contributed by atoms with Crippen molar-refractivity contribution in [3.63, 3.8) is 0 Å². The minimum Gasteiger partial charge on any atom is -0.457 e. The average molecular weight is 276 g/mol. The van der Waals surface area contributed by atoms with Crippen molar-refractivity contribution in [3.05, 3.63) is 35.4 Å². The maximum atomic E-state index is 11.7. The Labute approximate surface area is 121 Å². The van der Waals surface area contributed by atoms with Crippen LogP contribution in [0, 0.1) is 0 Å². The van der Waals surface area contributed by atoms with Crippen molar-refractivity contribution in [3.8, 4) is 0 Å². The van der Waals surface area contributed by atoms with E-state index in [9.17, 15) is 9.59 Å². The maximum Gasteiger partial charge on any atom is 0.303 e. The van der Waals surface area contributed by atoms with Crippen LogP contribution in [-0.2, 0) is 16.0 Å². The van der Waals surface area contributed by atoms with Gasteiger partial charge in [-0.25, -0.2) is 0 Å². The van der Waals surface area contributed by atoms with E-state index in [0.29, 0.717) is 5.56 Å². The number of hydrogen-bond donors (Lipinski definition) is 0. The Hall–Kier alpha value is -1.64. The van der Waals surface area contributed by atoms with Crippen LogP contribution in [0.4, 0.5) is 0 Å². The van der Waals surface area contributed by atoms with Gasteiger partial charge in [-0.05, 0) is 18.4 Å². The highest BCUT2D eigenvalue weighted by Crippen LogP contribution is 2.11. The van der Waals surface area contributed by atoms with Gasteiger partial charge >= 0.3 is 5.97 Å². The van der Waals surface area contributed by atoms with Crippen molar-refractivity contribution < 1.29 is 14.3 Å². The first-order valence-electron chi connectivity index (χ1n) is 7.39. The Morgan fingerprint density at radius 3 is 2.25 bits per heavy atom. The highest BCUT2D eigenvalue weighted by molar-refractivity contribution is 5.97. The molecule has 110 valence electrons. The summed E-state index contributed by atoms with van der Waals surface area (Å²) in [5.41, 5.74) is 1.85. The molecule has 1 rings (SSSR count). The summed E-state index contributed by atoms with van der Waals surface area (Å²) >= 11 is 0. The van der Waals surface area contributed by atoms with Crippen molar-refractivity contribution in [2.24, 2.45) is 0 Å². The average Bonchev–Trinajstić information content (AvgIpc) is 2.45. The third-order valence-electron chi connectivity index (χ3n) is 3.25. The fourth-order valence-corrected chi connectivity index (χ4v) is 2.04. The Morgan fingerprint density at radius 1 is 1.00 bits per heavy atom. The summed E-state index contributed by atoms with van der Waals surface area (Å²) in [5, 5.41) is 0. The zero-order valence-corrected chi connectivity index (χ0v) is 12.5. The third kappa shape index (κ3) is 6.50. The zero-order chi connectivity index (χ0) is 14.8. The summed E-state index contributed by atoms with van der Waals surface area (Å²) in [4.78, 5) is 22.4. The monoisotopic (exact) mass is 276 g/mol. The van der Waals surface area contributed by atoms with Gasteiger partial charge in [-0.2, -0.15) is 0 Å². The number of ketones is 1. The van der Waals surface area contributed by atoms with Crippen LogP contribution in [0.2, 0.25) is 0 Å². The Morgan fingerprint density at radius 2 is 1.65 bits per heavy atom. The molecule has 1 aromatic carbocycles. The van der Waals surface area contributed by atoms with Gasteiger partial charge in [-0.3, -0.25) is 9.59 Å². The predicted molar refractivity (Wildman–Crippen MR) is 79.9 cm³/mol. The second-order valence-corrected chi connectivity index (χ2v) is 5.06. The zero-order valence-electron chi connectivity index (χ0n) is 12.5. The van der Waals surface area contributed by atoms with Crippen molar-refractivity contribution in [1.29, 1.82) is 0 Å². The number of esters is 1. The lowest BCUT2D eigenvalue weighted by Crippen LogP contribution is -2.11. The third-order valence-corrected chi connectivity index (χ3v) is 3.25. The summed E-state index contributed by atoms with van der Waals surface area (Å²) in [6, 6.07) is 7.60. The van der Waals surface area contributed by atoms with E-state index >= 15 is 0 Å². The van der Waals surface area contributed by atoms with E-state index in [4.69, 9.17) is 4.74 Å². The standard InChI is InChI=1S/C17H24O3/c1-3-4-5-6-7-8-15-9-11-16(12-10-15)17(19)13-20-14(2)18/h9-12H,3-8,13H2,1-2H3. The number of hydrogen-bond acceptors (Lipinski definition) is 3. The molecule has 0 aliphatic rings. The second-order valence-electron chi connectivity index (χ2n) is 5.06. The highest BCUT2D eigenvalue weighted by Gasteiger charge is 2.07. The van der Waals surface area contributed by atoms with Gasteiger partial charge in [-0.1, -0.05) is 56.9 Å². The molecule has 0 radical (unpaired) electrons. The largest absolute Gasteiger partial charge is 0.457 e. The van der Waals surface area contributed by atoms with E-state index in [1.165, 1.54) is 44.6 Å². The fraction of sp³-hybridized carbons (Fsp3) is 0.529. The Balaban J connectivity index is 2.36. The number of carbonyl (C=O) groups is 2. The van der Waals surface area contributed by atoms with Crippen LogP contribution >= 0.6 is 0 Å². The van der Waals surface area contributed by atoms with Gasteiger partial charge in [0.15, 0.2) is 12.4 Å². The molecule has 0 aromatic heterocycles. The Bertz CT molecular complexity index is 420. The van der Waals surface area contributed by atoms with Gasteiger partial charge in [0.1, 0.15) is 0 Å². The molecule has 0 aliphatic carbocycles. The smallest absolute Gasteiger partial charge is 0.303 e. The van der Waals surface area contributed by atoms with Crippen LogP contribution in [0.25, 0.3) is 0 Å². The molecule has 0 unspecified atom stereocenters. The SMILES string of the molecule is CCCCCCCc1ccc(C(=O)COC(C)=O)cc1. The molecule has 3 nitrogen and oxygen atoms in total. The molecule has 1 aromatic rings.